The highest BCUT2D eigenvalue weighted by Crippen LogP contribution is 2.01. The summed E-state index contributed by atoms with van der Waals surface area (Å²) in [6.07, 6.45) is 2.79. The summed E-state index contributed by atoms with van der Waals surface area (Å²) < 4.78 is 19.0. The summed E-state index contributed by atoms with van der Waals surface area (Å²) in [4.78, 5) is 20.6. The second-order valence-electron chi connectivity index (χ2n) is 2.41. The van der Waals surface area contributed by atoms with Gasteiger partial charge in [-0.2, -0.15) is 0 Å². The molecule has 0 heterocycles. The highest BCUT2D eigenvalue weighted by molar-refractivity contribution is 5.66. The summed E-state index contributed by atoms with van der Waals surface area (Å²) >= 11 is 0. The van der Waals surface area contributed by atoms with E-state index in [1.165, 1.54) is 6.08 Å². The van der Waals surface area contributed by atoms with Crippen LogP contribution in [-0.4, -0.2) is 18.8 Å². The fraction of sp³-hybridized carbons (Fsp3) is 0.556. The minimum absolute atomic E-state index is 0.346. The Morgan fingerprint density at radius 1 is 1.58 bits per heavy atom. The van der Waals surface area contributed by atoms with Gasteiger partial charge in [-0.1, -0.05) is 5.57 Å². The van der Waals surface area contributed by atoms with Crippen molar-refractivity contribution < 1.29 is 17.1 Å². The fourth-order valence-electron chi connectivity index (χ4n) is 0.572. The lowest BCUT2D eigenvalue weighted by Gasteiger charge is -1.98. The Bertz CT molecular complexity index is 246. The Hall–Kier alpha value is -1.12. The molecule has 12 heavy (non-hydrogen) atoms. The maximum atomic E-state index is 10.5. The van der Waals surface area contributed by atoms with Crippen LogP contribution in [0.4, 0.5) is 0 Å². The smallest absolute Gasteiger partial charge is 0.302 e. The molecular formula is C9H14O3. The lowest BCUT2D eigenvalue weighted by Crippen LogP contribution is -1.98. The predicted molar refractivity (Wildman–Crippen MR) is 45.7 cm³/mol. The molecule has 0 unspecified atom stereocenters. The van der Waals surface area contributed by atoms with E-state index in [2.05, 4.69) is 4.74 Å². The number of hydrogen-bond acceptors (Lipinski definition) is 3. The summed E-state index contributed by atoms with van der Waals surface area (Å²) in [6.45, 7) is 0.746. The molecule has 0 spiro atoms. The number of carbonyl (C=O) groups excluding carboxylic acids is 2. The van der Waals surface area contributed by atoms with Gasteiger partial charge in [0.15, 0.2) is 0 Å². The van der Waals surface area contributed by atoms with Crippen LogP contribution < -0.4 is 0 Å². The van der Waals surface area contributed by atoms with Crippen LogP contribution in [0.1, 0.15) is 29.4 Å². The summed E-state index contributed by atoms with van der Waals surface area (Å²) in [7, 11) is 0. The molecule has 0 aliphatic heterocycles. The van der Waals surface area contributed by atoms with Crippen molar-refractivity contribution in [3.05, 3.63) is 11.6 Å². The quantitative estimate of drug-likeness (QED) is 0.358. The van der Waals surface area contributed by atoms with Crippen LogP contribution in [0.25, 0.3) is 0 Å². The molecule has 0 bridgehead atoms. The number of ether oxygens (including phenoxy) is 1. The van der Waals surface area contributed by atoms with Crippen LogP contribution in [0.5, 0.6) is 0 Å². The van der Waals surface area contributed by atoms with E-state index in [0.29, 0.717) is 18.4 Å². The molecule has 0 aromatic rings. The van der Waals surface area contributed by atoms with Gasteiger partial charge in [-0.05, 0) is 19.4 Å². The van der Waals surface area contributed by atoms with Crippen LogP contribution in [-0.2, 0) is 14.3 Å². The maximum Gasteiger partial charge on any atom is 0.302 e. The van der Waals surface area contributed by atoms with E-state index in [9.17, 15) is 9.59 Å². The second-order valence-corrected chi connectivity index (χ2v) is 2.41. The first-order valence-corrected chi connectivity index (χ1v) is 3.69. The standard InChI is InChI=1S/C9H14O3/c1-8(4-3-6-10)5-7-12-9(2)11/h5-6H,3-4,7H2,1-2H3/b8-5+/i7D2. The Labute approximate surface area is 75.2 Å². The zero-order chi connectivity index (χ0) is 11.2. The minimum Gasteiger partial charge on any atom is -0.462 e. The van der Waals surface area contributed by atoms with Crippen LogP contribution in [0, 0.1) is 0 Å². The fourth-order valence-corrected chi connectivity index (χ4v) is 0.572. The average molecular weight is 172 g/mol. The van der Waals surface area contributed by atoms with Gasteiger partial charge < -0.3 is 9.53 Å². The molecular weight excluding hydrogens is 156 g/mol. The third-order valence-corrected chi connectivity index (χ3v) is 1.16. The van der Waals surface area contributed by atoms with Crippen LogP contribution in [0.3, 0.4) is 0 Å². The molecule has 0 aromatic carbocycles. The lowest BCUT2D eigenvalue weighted by atomic mass is 10.2. The number of esters is 1. The molecule has 0 N–H and O–H groups in total. The van der Waals surface area contributed by atoms with Crippen molar-refractivity contribution in [2.45, 2.75) is 26.7 Å². The highest BCUT2D eigenvalue weighted by Gasteiger charge is 1.91. The van der Waals surface area contributed by atoms with Crippen molar-refractivity contribution in [1.82, 2.24) is 0 Å². The first-order chi connectivity index (χ1) is 6.37. The first-order valence-electron chi connectivity index (χ1n) is 4.69. The van der Waals surface area contributed by atoms with Gasteiger partial charge in [0.2, 0.25) is 0 Å². The van der Waals surface area contributed by atoms with Crippen molar-refractivity contribution in [3.8, 4) is 0 Å². The molecule has 0 fully saturated rings. The topological polar surface area (TPSA) is 43.4 Å². The van der Waals surface area contributed by atoms with Crippen LogP contribution in [0.15, 0.2) is 11.6 Å². The molecule has 0 aromatic heterocycles. The Morgan fingerprint density at radius 3 is 2.75 bits per heavy atom. The van der Waals surface area contributed by atoms with Gasteiger partial charge in [-0.15, -0.1) is 0 Å². The molecule has 3 nitrogen and oxygen atoms in total. The van der Waals surface area contributed by atoms with E-state index in [1.54, 1.807) is 6.92 Å². The van der Waals surface area contributed by atoms with Crippen molar-refractivity contribution in [1.29, 1.82) is 0 Å². The third kappa shape index (κ3) is 6.99. The van der Waals surface area contributed by atoms with Gasteiger partial charge in [-0.3, -0.25) is 4.79 Å². The number of rotatable bonds is 5. The summed E-state index contributed by atoms with van der Waals surface area (Å²) in [5.41, 5.74) is 0.684. The van der Waals surface area contributed by atoms with E-state index in [1.807, 2.05) is 0 Å². The second kappa shape index (κ2) is 6.58. The van der Waals surface area contributed by atoms with Crippen molar-refractivity contribution in [3.63, 3.8) is 0 Å². The monoisotopic (exact) mass is 172 g/mol. The summed E-state index contributed by atoms with van der Waals surface area (Å²) in [5.74, 6) is -0.672. The molecule has 68 valence electrons. The molecule has 0 aliphatic rings. The lowest BCUT2D eigenvalue weighted by molar-refractivity contribution is -0.139. The van der Waals surface area contributed by atoms with Crippen molar-refractivity contribution in [2.75, 3.05) is 6.56 Å². The predicted octanol–water partition coefficient (Wildman–Crippen LogP) is 1.47. The van der Waals surface area contributed by atoms with Gasteiger partial charge in [0.25, 0.3) is 0 Å². The number of allylic oxidation sites excluding steroid dienone is 1. The third-order valence-electron chi connectivity index (χ3n) is 1.16. The number of aldehydes is 1. The van der Waals surface area contributed by atoms with Crippen molar-refractivity contribution in [2.24, 2.45) is 0 Å². The Balaban J connectivity index is 4.28. The van der Waals surface area contributed by atoms with Gasteiger partial charge in [0.05, 0.1) is 2.74 Å². The zero-order valence-electron chi connectivity index (χ0n) is 9.29. The van der Waals surface area contributed by atoms with Gasteiger partial charge in [0.1, 0.15) is 12.8 Å². The molecule has 0 atom stereocenters. The maximum absolute atomic E-state index is 10.5. The van der Waals surface area contributed by atoms with E-state index in [0.717, 1.165) is 13.2 Å². The van der Waals surface area contributed by atoms with E-state index >= 15 is 0 Å². The van der Waals surface area contributed by atoms with Crippen molar-refractivity contribution >= 4 is 12.3 Å². The normalized spacial score (nSPS) is 14.7. The average Bonchev–Trinajstić information content (AvgIpc) is 1.96. The first kappa shape index (κ1) is 7.53. The van der Waals surface area contributed by atoms with Crippen LogP contribution >= 0.6 is 0 Å². The number of carbonyl (C=O) groups is 2. The molecule has 0 rings (SSSR count). The van der Waals surface area contributed by atoms with Gasteiger partial charge in [0, 0.05) is 13.3 Å². The molecule has 0 saturated heterocycles. The molecule has 0 aliphatic carbocycles. The van der Waals surface area contributed by atoms with E-state index < -0.39 is 12.5 Å². The van der Waals surface area contributed by atoms with Gasteiger partial charge >= 0.3 is 5.97 Å². The molecule has 0 saturated carbocycles. The highest BCUT2D eigenvalue weighted by atomic mass is 16.5. The Kier molecular flexibility index (Phi) is 4.13. The molecule has 3 heteroatoms. The Morgan fingerprint density at radius 2 is 2.25 bits per heavy atom. The zero-order valence-corrected chi connectivity index (χ0v) is 7.29. The number of hydrogen-bond donors (Lipinski definition) is 0. The summed E-state index contributed by atoms with van der Waals surface area (Å²) in [5, 5.41) is 0. The van der Waals surface area contributed by atoms with Gasteiger partial charge in [-0.25, -0.2) is 0 Å². The minimum atomic E-state index is -2.08. The molecule has 0 radical (unpaired) electrons. The summed E-state index contributed by atoms with van der Waals surface area (Å²) in [6, 6.07) is 0. The van der Waals surface area contributed by atoms with E-state index in [4.69, 9.17) is 2.74 Å². The van der Waals surface area contributed by atoms with Crippen LogP contribution in [0.2, 0.25) is 0 Å². The largest absolute Gasteiger partial charge is 0.462 e. The molecule has 0 amide bonds. The SMILES string of the molecule is [2H]C([2H])(/C=C(\C)CCC=O)OC(C)=O. The van der Waals surface area contributed by atoms with E-state index in [-0.39, 0.29) is 0 Å².